The maximum atomic E-state index is 12.5. The second-order valence-corrected chi connectivity index (χ2v) is 6.39. The number of ether oxygens (including phenoxy) is 1. The maximum absolute atomic E-state index is 12.5. The summed E-state index contributed by atoms with van der Waals surface area (Å²) in [6.07, 6.45) is 0.636. The van der Waals surface area contributed by atoms with E-state index in [0.717, 1.165) is 11.3 Å². The van der Waals surface area contributed by atoms with Crippen molar-refractivity contribution in [1.29, 1.82) is 0 Å². The van der Waals surface area contributed by atoms with Crippen LogP contribution in [0.1, 0.15) is 38.8 Å². The van der Waals surface area contributed by atoms with Crippen molar-refractivity contribution in [3.63, 3.8) is 0 Å². The van der Waals surface area contributed by atoms with Crippen LogP contribution < -0.4 is 10.1 Å². The number of methoxy groups -OCH3 is 1. The van der Waals surface area contributed by atoms with Gasteiger partial charge in [-0.15, -0.1) is 0 Å². The zero-order valence-corrected chi connectivity index (χ0v) is 13.8. The molecule has 3 atom stereocenters. The predicted molar refractivity (Wildman–Crippen MR) is 85.8 cm³/mol. The molecule has 1 aromatic carbocycles. The molecule has 5 heteroatoms. The normalized spacial score (nSPS) is 24.1. The first kappa shape index (κ1) is 16.8. The summed E-state index contributed by atoms with van der Waals surface area (Å²) in [4.78, 5) is 14.2. The first-order valence-corrected chi connectivity index (χ1v) is 7.73. The van der Waals surface area contributed by atoms with E-state index in [4.69, 9.17) is 4.74 Å². The molecular weight excluding hydrogens is 280 g/mol. The SMILES string of the molecule is COc1cccc([C@H](C)N[C@@H](C)C(=O)N2CC[C@@](C)(O)C2)c1. The van der Waals surface area contributed by atoms with Gasteiger partial charge in [0.05, 0.1) is 18.8 Å². The van der Waals surface area contributed by atoms with Crippen molar-refractivity contribution < 1.29 is 14.6 Å². The highest BCUT2D eigenvalue weighted by atomic mass is 16.5. The third-order valence-electron chi connectivity index (χ3n) is 4.23. The number of rotatable bonds is 5. The molecule has 0 aliphatic carbocycles. The third kappa shape index (κ3) is 3.99. The molecule has 2 N–H and O–H groups in total. The highest BCUT2D eigenvalue weighted by Crippen LogP contribution is 2.22. The van der Waals surface area contributed by atoms with Crippen molar-refractivity contribution in [1.82, 2.24) is 10.2 Å². The Balaban J connectivity index is 1.96. The van der Waals surface area contributed by atoms with E-state index >= 15 is 0 Å². The van der Waals surface area contributed by atoms with E-state index < -0.39 is 5.60 Å². The van der Waals surface area contributed by atoms with Crippen LogP contribution >= 0.6 is 0 Å². The lowest BCUT2D eigenvalue weighted by molar-refractivity contribution is -0.133. The van der Waals surface area contributed by atoms with Gasteiger partial charge in [-0.05, 0) is 44.9 Å². The van der Waals surface area contributed by atoms with Gasteiger partial charge in [-0.1, -0.05) is 12.1 Å². The van der Waals surface area contributed by atoms with Gasteiger partial charge in [0.15, 0.2) is 0 Å². The summed E-state index contributed by atoms with van der Waals surface area (Å²) in [7, 11) is 1.64. The van der Waals surface area contributed by atoms with Crippen molar-refractivity contribution in [2.45, 2.75) is 44.9 Å². The van der Waals surface area contributed by atoms with E-state index in [9.17, 15) is 9.90 Å². The van der Waals surface area contributed by atoms with Gasteiger partial charge in [0.1, 0.15) is 5.75 Å². The summed E-state index contributed by atoms with van der Waals surface area (Å²) in [5, 5.41) is 13.3. The summed E-state index contributed by atoms with van der Waals surface area (Å²) in [5.74, 6) is 0.841. The number of likely N-dealkylation sites (tertiary alicyclic amines) is 1. The van der Waals surface area contributed by atoms with Crippen molar-refractivity contribution in [3.05, 3.63) is 29.8 Å². The van der Waals surface area contributed by atoms with Crippen LogP contribution in [0.3, 0.4) is 0 Å². The Kier molecular flexibility index (Phi) is 5.08. The van der Waals surface area contributed by atoms with Gasteiger partial charge in [-0.2, -0.15) is 0 Å². The van der Waals surface area contributed by atoms with Crippen LogP contribution in [0.4, 0.5) is 0 Å². The lowest BCUT2D eigenvalue weighted by Crippen LogP contribution is -2.45. The Morgan fingerprint density at radius 3 is 2.77 bits per heavy atom. The molecule has 0 bridgehead atoms. The molecule has 1 aromatic rings. The highest BCUT2D eigenvalue weighted by molar-refractivity contribution is 5.82. The minimum Gasteiger partial charge on any atom is -0.497 e. The molecular formula is C17H26N2O3. The number of β-amino-alcohol motifs (C(OH)–C–C–N with tert-alkyl or cyclic N) is 1. The van der Waals surface area contributed by atoms with Crippen LogP contribution in [0.2, 0.25) is 0 Å². The summed E-state index contributed by atoms with van der Waals surface area (Å²) < 4.78 is 5.23. The number of carbonyl (C=O) groups excluding carboxylic acids is 1. The van der Waals surface area contributed by atoms with Crippen LogP contribution in [0, 0.1) is 0 Å². The fraction of sp³-hybridized carbons (Fsp3) is 0.588. The number of nitrogens with one attached hydrogen (secondary N) is 1. The van der Waals surface area contributed by atoms with Gasteiger partial charge >= 0.3 is 0 Å². The largest absolute Gasteiger partial charge is 0.497 e. The van der Waals surface area contributed by atoms with E-state index in [0.29, 0.717) is 19.5 Å². The second-order valence-electron chi connectivity index (χ2n) is 6.39. The molecule has 0 spiro atoms. The standard InChI is InChI=1S/C17H26N2O3/c1-12(14-6-5-7-15(10-14)22-4)18-13(2)16(20)19-9-8-17(3,21)11-19/h5-7,10,12-13,18,21H,8-9,11H2,1-4H3/t12-,13-,17+/m0/s1. The fourth-order valence-corrected chi connectivity index (χ4v) is 2.86. The molecule has 22 heavy (non-hydrogen) atoms. The minimum absolute atomic E-state index is 0.0347. The van der Waals surface area contributed by atoms with Crippen LogP contribution in [0.25, 0.3) is 0 Å². The highest BCUT2D eigenvalue weighted by Gasteiger charge is 2.35. The quantitative estimate of drug-likeness (QED) is 0.869. The number of nitrogens with zero attached hydrogens (tertiary/aromatic N) is 1. The molecule has 1 heterocycles. The topological polar surface area (TPSA) is 61.8 Å². The molecule has 0 aromatic heterocycles. The van der Waals surface area contributed by atoms with E-state index in [1.165, 1.54) is 0 Å². The van der Waals surface area contributed by atoms with Crippen LogP contribution in [-0.2, 0) is 4.79 Å². The number of hydrogen-bond donors (Lipinski definition) is 2. The van der Waals surface area contributed by atoms with Gasteiger partial charge < -0.3 is 14.7 Å². The molecule has 0 saturated carbocycles. The Labute approximate surface area is 132 Å². The molecule has 5 nitrogen and oxygen atoms in total. The number of carbonyl (C=O) groups is 1. The summed E-state index contributed by atoms with van der Waals surface area (Å²) in [6.45, 7) is 6.69. The monoisotopic (exact) mass is 306 g/mol. The van der Waals surface area contributed by atoms with Crippen molar-refractivity contribution >= 4 is 5.91 Å². The molecule has 0 unspecified atom stereocenters. The summed E-state index contributed by atoms with van der Waals surface area (Å²) >= 11 is 0. The molecule has 0 radical (unpaired) electrons. The lowest BCUT2D eigenvalue weighted by atomic mass is 10.1. The third-order valence-corrected chi connectivity index (χ3v) is 4.23. The molecule has 2 rings (SSSR count). The first-order valence-electron chi connectivity index (χ1n) is 7.73. The Morgan fingerprint density at radius 2 is 2.18 bits per heavy atom. The van der Waals surface area contributed by atoms with Crippen molar-refractivity contribution in [2.24, 2.45) is 0 Å². The smallest absolute Gasteiger partial charge is 0.239 e. The molecule has 1 amide bonds. The van der Waals surface area contributed by atoms with Gasteiger partial charge in [0, 0.05) is 19.1 Å². The number of benzene rings is 1. The Morgan fingerprint density at radius 1 is 1.45 bits per heavy atom. The average molecular weight is 306 g/mol. The zero-order chi connectivity index (χ0) is 16.3. The number of hydrogen-bond acceptors (Lipinski definition) is 4. The fourth-order valence-electron chi connectivity index (χ4n) is 2.86. The zero-order valence-electron chi connectivity index (χ0n) is 13.8. The molecule has 122 valence electrons. The Hall–Kier alpha value is -1.59. The Bertz CT molecular complexity index is 530. The van der Waals surface area contributed by atoms with Gasteiger partial charge in [0.25, 0.3) is 0 Å². The van der Waals surface area contributed by atoms with Gasteiger partial charge in [-0.25, -0.2) is 0 Å². The van der Waals surface area contributed by atoms with Crippen molar-refractivity contribution in [2.75, 3.05) is 20.2 Å². The lowest BCUT2D eigenvalue weighted by Gasteiger charge is -2.25. The number of aliphatic hydroxyl groups is 1. The molecule has 1 aliphatic heterocycles. The maximum Gasteiger partial charge on any atom is 0.239 e. The first-order chi connectivity index (χ1) is 10.3. The average Bonchev–Trinajstić information content (AvgIpc) is 2.86. The van der Waals surface area contributed by atoms with Crippen LogP contribution in [0.5, 0.6) is 5.75 Å². The van der Waals surface area contributed by atoms with E-state index in [-0.39, 0.29) is 18.0 Å². The predicted octanol–water partition coefficient (Wildman–Crippen LogP) is 1.72. The molecule has 1 saturated heterocycles. The molecule has 1 aliphatic rings. The van der Waals surface area contributed by atoms with E-state index in [2.05, 4.69) is 5.32 Å². The second kappa shape index (κ2) is 6.67. The van der Waals surface area contributed by atoms with E-state index in [1.54, 1.807) is 18.9 Å². The van der Waals surface area contributed by atoms with Crippen molar-refractivity contribution in [3.8, 4) is 5.75 Å². The number of amides is 1. The van der Waals surface area contributed by atoms with Crippen LogP contribution in [-0.4, -0.2) is 47.8 Å². The summed E-state index contributed by atoms with van der Waals surface area (Å²) in [6, 6.07) is 7.56. The van der Waals surface area contributed by atoms with Gasteiger partial charge in [0.2, 0.25) is 5.91 Å². The molecule has 1 fully saturated rings. The van der Waals surface area contributed by atoms with Gasteiger partial charge in [-0.3, -0.25) is 10.1 Å². The minimum atomic E-state index is -0.756. The summed E-state index contributed by atoms with van der Waals surface area (Å²) in [5.41, 5.74) is 0.320. The van der Waals surface area contributed by atoms with Crippen LogP contribution in [0.15, 0.2) is 24.3 Å². The van der Waals surface area contributed by atoms with E-state index in [1.807, 2.05) is 38.1 Å².